The van der Waals surface area contributed by atoms with E-state index in [1.54, 1.807) is 18.4 Å². The molecule has 1 rings (SSSR count). The van der Waals surface area contributed by atoms with Crippen LogP contribution in [0.3, 0.4) is 0 Å². The molecule has 0 bridgehead atoms. The van der Waals surface area contributed by atoms with E-state index in [9.17, 15) is 9.59 Å². The lowest BCUT2D eigenvalue weighted by atomic mass is 10.2. The van der Waals surface area contributed by atoms with Crippen LogP contribution in [0.15, 0.2) is 5.16 Å². The standard InChI is InChI=1S/C11H18N4O3S/c1-6(2)12-10(18)7(3)15-8(4)13-14-11(15)19-5-9(16)17/h6-7H,5H2,1-4H3,(H,12,18)(H,16,17). The number of amides is 1. The van der Waals surface area contributed by atoms with Crippen molar-refractivity contribution in [3.8, 4) is 0 Å². The van der Waals surface area contributed by atoms with Crippen LogP contribution in [-0.2, 0) is 9.59 Å². The predicted octanol–water partition coefficient (Wildman–Crippen LogP) is 0.849. The number of carbonyl (C=O) groups is 2. The van der Waals surface area contributed by atoms with Gasteiger partial charge in [-0.25, -0.2) is 0 Å². The highest BCUT2D eigenvalue weighted by molar-refractivity contribution is 7.99. The number of nitrogens with one attached hydrogen (secondary N) is 1. The van der Waals surface area contributed by atoms with E-state index < -0.39 is 12.0 Å². The van der Waals surface area contributed by atoms with Gasteiger partial charge in [0, 0.05) is 6.04 Å². The monoisotopic (exact) mass is 286 g/mol. The molecular formula is C11H18N4O3S. The third kappa shape index (κ3) is 4.23. The molecule has 8 heteroatoms. The molecule has 1 aromatic heterocycles. The average molecular weight is 286 g/mol. The van der Waals surface area contributed by atoms with E-state index >= 15 is 0 Å². The Morgan fingerprint density at radius 2 is 2.00 bits per heavy atom. The minimum absolute atomic E-state index is 0.0434. The maximum atomic E-state index is 12.0. The Labute approximate surface area is 115 Å². The number of thioether (sulfide) groups is 1. The molecule has 106 valence electrons. The van der Waals surface area contributed by atoms with E-state index in [0.717, 1.165) is 11.8 Å². The summed E-state index contributed by atoms with van der Waals surface area (Å²) in [6.07, 6.45) is 0. The van der Waals surface area contributed by atoms with Crippen molar-refractivity contribution in [2.75, 3.05) is 5.75 Å². The molecule has 1 atom stereocenters. The number of carboxylic acid groups (broad SMARTS) is 1. The van der Waals surface area contributed by atoms with E-state index in [0.29, 0.717) is 11.0 Å². The molecule has 1 aromatic rings. The Kier molecular flexibility index (Phi) is 5.34. The number of hydrogen-bond acceptors (Lipinski definition) is 5. The summed E-state index contributed by atoms with van der Waals surface area (Å²) >= 11 is 1.05. The van der Waals surface area contributed by atoms with E-state index in [1.165, 1.54) is 0 Å². The fourth-order valence-electron chi connectivity index (χ4n) is 1.54. The molecule has 0 aromatic carbocycles. The zero-order valence-electron chi connectivity index (χ0n) is 11.4. The van der Waals surface area contributed by atoms with E-state index in [2.05, 4.69) is 15.5 Å². The molecule has 19 heavy (non-hydrogen) atoms. The Morgan fingerprint density at radius 3 is 2.53 bits per heavy atom. The van der Waals surface area contributed by atoms with Crippen molar-refractivity contribution in [1.29, 1.82) is 0 Å². The highest BCUT2D eigenvalue weighted by atomic mass is 32.2. The number of hydrogen-bond donors (Lipinski definition) is 2. The second kappa shape index (κ2) is 6.55. The number of nitrogens with zero attached hydrogens (tertiary/aromatic N) is 3. The van der Waals surface area contributed by atoms with E-state index in [-0.39, 0.29) is 17.7 Å². The van der Waals surface area contributed by atoms with Gasteiger partial charge in [0.15, 0.2) is 5.16 Å². The van der Waals surface area contributed by atoms with Gasteiger partial charge in [-0.1, -0.05) is 11.8 Å². The van der Waals surface area contributed by atoms with Crippen molar-refractivity contribution in [1.82, 2.24) is 20.1 Å². The number of aliphatic carboxylic acids is 1. The summed E-state index contributed by atoms with van der Waals surface area (Å²) in [6.45, 7) is 7.23. The Morgan fingerprint density at radius 1 is 1.37 bits per heavy atom. The second-order valence-corrected chi connectivity index (χ2v) is 5.36. The van der Waals surface area contributed by atoms with E-state index in [1.807, 2.05) is 13.8 Å². The Balaban J connectivity index is 2.89. The van der Waals surface area contributed by atoms with Gasteiger partial charge in [0.25, 0.3) is 0 Å². The summed E-state index contributed by atoms with van der Waals surface area (Å²) in [5.41, 5.74) is 0. The third-order valence-electron chi connectivity index (χ3n) is 2.36. The molecule has 0 aliphatic heterocycles. The zero-order valence-corrected chi connectivity index (χ0v) is 12.2. The van der Waals surface area contributed by atoms with Gasteiger partial charge in [-0.3, -0.25) is 14.2 Å². The van der Waals surface area contributed by atoms with Crippen LogP contribution in [0, 0.1) is 6.92 Å². The summed E-state index contributed by atoms with van der Waals surface area (Å²) < 4.78 is 1.64. The van der Waals surface area contributed by atoms with Crippen LogP contribution in [-0.4, -0.2) is 43.5 Å². The lowest BCUT2D eigenvalue weighted by Gasteiger charge is -2.18. The van der Waals surface area contributed by atoms with Crippen LogP contribution < -0.4 is 5.32 Å². The summed E-state index contributed by atoms with van der Waals surface area (Å²) in [4.78, 5) is 22.6. The third-order valence-corrected chi connectivity index (χ3v) is 3.29. The Bertz CT molecular complexity index is 473. The fraction of sp³-hybridized carbons (Fsp3) is 0.636. The lowest BCUT2D eigenvalue weighted by molar-refractivity contribution is -0.134. The highest BCUT2D eigenvalue weighted by Crippen LogP contribution is 2.21. The first-order valence-electron chi connectivity index (χ1n) is 5.89. The van der Waals surface area contributed by atoms with Crippen LogP contribution in [0.5, 0.6) is 0 Å². The minimum Gasteiger partial charge on any atom is -0.481 e. The SMILES string of the molecule is Cc1nnc(SCC(=O)O)n1C(C)C(=O)NC(C)C. The van der Waals surface area contributed by atoms with Crippen molar-refractivity contribution in [3.05, 3.63) is 5.82 Å². The lowest BCUT2D eigenvalue weighted by Crippen LogP contribution is -2.36. The molecule has 1 heterocycles. The summed E-state index contributed by atoms with van der Waals surface area (Å²) in [7, 11) is 0. The number of aromatic nitrogens is 3. The number of aryl methyl sites for hydroxylation is 1. The summed E-state index contributed by atoms with van der Waals surface area (Å²) in [5, 5.41) is 19.7. The summed E-state index contributed by atoms with van der Waals surface area (Å²) in [5.74, 6) is -0.609. The first-order chi connectivity index (χ1) is 8.82. The minimum atomic E-state index is -0.934. The maximum absolute atomic E-state index is 12.0. The topological polar surface area (TPSA) is 97.1 Å². The molecule has 0 saturated carbocycles. The number of carboxylic acids is 1. The van der Waals surface area contributed by atoms with Gasteiger partial charge in [-0.05, 0) is 27.7 Å². The van der Waals surface area contributed by atoms with Crippen molar-refractivity contribution < 1.29 is 14.7 Å². The molecular weight excluding hydrogens is 268 g/mol. The van der Waals surface area contributed by atoms with Crippen LogP contribution in [0.25, 0.3) is 0 Å². The fourth-order valence-corrected chi connectivity index (χ4v) is 2.32. The predicted molar refractivity (Wildman–Crippen MR) is 71.1 cm³/mol. The van der Waals surface area contributed by atoms with Gasteiger partial charge in [-0.15, -0.1) is 10.2 Å². The molecule has 2 N–H and O–H groups in total. The van der Waals surface area contributed by atoms with Gasteiger partial charge >= 0.3 is 5.97 Å². The van der Waals surface area contributed by atoms with Gasteiger partial charge in [0.1, 0.15) is 11.9 Å². The van der Waals surface area contributed by atoms with Crippen LogP contribution in [0.4, 0.5) is 0 Å². The maximum Gasteiger partial charge on any atom is 0.313 e. The molecule has 0 spiro atoms. The van der Waals surface area contributed by atoms with Crippen molar-refractivity contribution in [2.24, 2.45) is 0 Å². The Hall–Kier alpha value is -1.57. The molecule has 1 amide bonds. The molecule has 0 aliphatic rings. The highest BCUT2D eigenvalue weighted by Gasteiger charge is 2.22. The second-order valence-electron chi connectivity index (χ2n) is 4.42. The largest absolute Gasteiger partial charge is 0.481 e. The molecule has 0 saturated heterocycles. The van der Waals surface area contributed by atoms with E-state index in [4.69, 9.17) is 5.11 Å². The quantitative estimate of drug-likeness (QED) is 0.752. The first-order valence-corrected chi connectivity index (χ1v) is 6.88. The number of rotatable bonds is 6. The van der Waals surface area contributed by atoms with Crippen LogP contribution in [0.1, 0.15) is 32.6 Å². The molecule has 0 fully saturated rings. The van der Waals surface area contributed by atoms with Crippen molar-refractivity contribution >= 4 is 23.6 Å². The van der Waals surface area contributed by atoms with Crippen molar-refractivity contribution in [3.63, 3.8) is 0 Å². The molecule has 0 radical (unpaired) electrons. The van der Waals surface area contributed by atoms with Gasteiger partial charge in [0.2, 0.25) is 5.91 Å². The van der Waals surface area contributed by atoms with Gasteiger partial charge in [0.05, 0.1) is 5.75 Å². The first kappa shape index (κ1) is 15.5. The number of carbonyl (C=O) groups excluding carboxylic acids is 1. The van der Waals surface area contributed by atoms with Crippen molar-refractivity contribution in [2.45, 2.75) is 44.9 Å². The normalized spacial score (nSPS) is 12.5. The zero-order chi connectivity index (χ0) is 14.6. The smallest absolute Gasteiger partial charge is 0.313 e. The van der Waals surface area contributed by atoms with Gasteiger partial charge < -0.3 is 10.4 Å². The van der Waals surface area contributed by atoms with Gasteiger partial charge in [-0.2, -0.15) is 0 Å². The summed E-state index contributed by atoms with van der Waals surface area (Å²) in [6, 6.07) is -0.435. The molecule has 0 aliphatic carbocycles. The van der Waals surface area contributed by atoms with Crippen LogP contribution in [0.2, 0.25) is 0 Å². The molecule has 7 nitrogen and oxygen atoms in total. The average Bonchev–Trinajstić information content (AvgIpc) is 2.66. The molecule has 1 unspecified atom stereocenters. The van der Waals surface area contributed by atoms with Crippen LogP contribution >= 0.6 is 11.8 Å².